The number of imide groups is 1. The van der Waals surface area contributed by atoms with E-state index in [0.29, 0.717) is 27.8 Å². The van der Waals surface area contributed by atoms with Gasteiger partial charge < -0.3 is 20.1 Å². The third-order valence-electron chi connectivity index (χ3n) is 5.18. The van der Waals surface area contributed by atoms with Crippen molar-refractivity contribution in [1.29, 1.82) is 0 Å². The number of urea groups is 1. The lowest BCUT2D eigenvalue weighted by molar-refractivity contribution is -0.133. The van der Waals surface area contributed by atoms with Crippen LogP contribution in [0, 0.1) is 6.92 Å². The number of halogens is 1. The Labute approximate surface area is 178 Å². The monoisotopic (exact) mass is 429 g/mol. The predicted octanol–water partition coefficient (Wildman–Crippen LogP) is 2.87. The summed E-state index contributed by atoms with van der Waals surface area (Å²) in [5.41, 5.74) is 0.869. The molecule has 1 fully saturated rings. The summed E-state index contributed by atoms with van der Waals surface area (Å²) in [5.74, 6) is 0.278. The quantitative estimate of drug-likeness (QED) is 0.712. The van der Waals surface area contributed by atoms with Gasteiger partial charge in [0.05, 0.1) is 0 Å². The van der Waals surface area contributed by atoms with Crippen LogP contribution in [0.4, 0.5) is 10.5 Å². The number of ether oxygens (including phenoxy) is 2. The van der Waals surface area contributed by atoms with Gasteiger partial charge in [-0.1, -0.05) is 23.7 Å². The van der Waals surface area contributed by atoms with Crippen molar-refractivity contribution in [3.63, 3.8) is 0 Å². The predicted molar refractivity (Wildman–Crippen MR) is 110 cm³/mol. The van der Waals surface area contributed by atoms with Crippen molar-refractivity contribution in [3.8, 4) is 11.5 Å². The molecule has 2 heterocycles. The van der Waals surface area contributed by atoms with Gasteiger partial charge in [-0.25, -0.2) is 4.79 Å². The van der Waals surface area contributed by atoms with E-state index in [9.17, 15) is 14.4 Å². The van der Waals surface area contributed by atoms with Crippen LogP contribution in [0.1, 0.15) is 18.1 Å². The fourth-order valence-corrected chi connectivity index (χ4v) is 3.72. The fraction of sp³-hybridized carbons (Fsp3) is 0.286. The third kappa shape index (κ3) is 3.66. The first-order valence-corrected chi connectivity index (χ1v) is 9.72. The number of carbonyl (C=O) groups is 3. The van der Waals surface area contributed by atoms with Gasteiger partial charge in [0.1, 0.15) is 12.1 Å². The SMILES string of the molecule is Cc1c(Cl)cccc1NC(=O)CN1C(=O)NC(C)(Cc2ccc3c(c2)OCO3)C1=O. The molecule has 4 amide bonds. The first kappa shape index (κ1) is 20.0. The Kier molecular flexibility index (Phi) is 5.03. The molecule has 0 aliphatic carbocycles. The lowest BCUT2D eigenvalue weighted by Gasteiger charge is -2.22. The molecule has 0 saturated carbocycles. The molecule has 0 bridgehead atoms. The summed E-state index contributed by atoms with van der Waals surface area (Å²) in [6.07, 6.45) is 0.250. The Morgan fingerprint density at radius 2 is 2.00 bits per heavy atom. The summed E-state index contributed by atoms with van der Waals surface area (Å²) in [7, 11) is 0. The Morgan fingerprint density at radius 1 is 1.23 bits per heavy atom. The maximum atomic E-state index is 13.0. The molecule has 2 aliphatic rings. The topological polar surface area (TPSA) is 97.0 Å². The van der Waals surface area contributed by atoms with Gasteiger partial charge in [-0.05, 0) is 49.2 Å². The molecule has 0 spiro atoms. The van der Waals surface area contributed by atoms with Gasteiger partial charge in [0.15, 0.2) is 11.5 Å². The molecule has 2 aromatic rings. The first-order valence-electron chi connectivity index (χ1n) is 9.34. The van der Waals surface area contributed by atoms with E-state index in [-0.39, 0.29) is 13.2 Å². The van der Waals surface area contributed by atoms with E-state index >= 15 is 0 Å². The Morgan fingerprint density at radius 3 is 2.80 bits per heavy atom. The van der Waals surface area contributed by atoms with Crippen LogP contribution in [-0.4, -0.2) is 41.6 Å². The number of hydrogen-bond acceptors (Lipinski definition) is 5. The molecular formula is C21H20ClN3O5. The molecule has 2 N–H and O–H groups in total. The molecule has 4 rings (SSSR count). The highest BCUT2D eigenvalue weighted by atomic mass is 35.5. The van der Waals surface area contributed by atoms with Crippen molar-refractivity contribution in [2.75, 3.05) is 18.7 Å². The number of fused-ring (bicyclic) bond motifs is 1. The van der Waals surface area contributed by atoms with Gasteiger partial charge >= 0.3 is 6.03 Å². The van der Waals surface area contributed by atoms with E-state index in [1.54, 1.807) is 44.2 Å². The molecule has 30 heavy (non-hydrogen) atoms. The Balaban J connectivity index is 1.45. The molecule has 1 atom stereocenters. The molecule has 0 aromatic heterocycles. The number of amides is 4. The standard InChI is InChI=1S/C21H20ClN3O5/c1-12-14(22)4-3-5-15(12)23-18(26)10-25-19(27)21(2,24-20(25)28)9-13-6-7-16-17(8-13)30-11-29-16/h3-8H,9-11H2,1-2H3,(H,23,26)(H,24,28). The van der Waals surface area contributed by atoms with Gasteiger partial charge in [0.25, 0.3) is 5.91 Å². The highest BCUT2D eigenvalue weighted by molar-refractivity contribution is 6.31. The molecular weight excluding hydrogens is 410 g/mol. The van der Waals surface area contributed by atoms with E-state index in [1.165, 1.54) is 0 Å². The summed E-state index contributed by atoms with van der Waals surface area (Å²) < 4.78 is 10.7. The van der Waals surface area contributed by atoms with E-state index in [4.69, 9.17) is 21.1 Å². The summed E-state index contributed by atoms with van der Waals surface area (Å²) >= 11 is 6.07. The average molecular weight is 430 g/mol. The molecule has 9 heteroatoms. The zero-order chi connectivity index (χ0) is 21.5. The van der Waals surface area contributed by atoms with Crippen LogP contribution in [-0.2, 0) is 16.0 Å². The van der Waals surface area contributed by atoms with Gasteiger partial charge in [0, 0.05) is 17.1 Å². The maximum absolute atomic E-state index is 13.0. The second kappa shape index (κ2) is 7.53. The van der Waals surface area contributed by atoms with E-state index in [0.717, 1.165) is 10.5 Å². The largest absolute Gasteiger partial charge is 0.454 e. The first-order chi connectivity index (χ1) is 14.3. The van der Waals surface area contributed by atoms with Gasteiger partial charge in [-0.3, -0.25) is 14.5 Å². The van der Waals surface area contributed by atoms with Gasteiger partial charge in [0.2, 0.25) is 12.7 Å². The van der Waals surface area contributed by atoms with Crippen LogP contribution >= 0.6 is 11.6 Å². The fourth-order valence-electron chi connectivity index (χ4n) is 3.55. The van der Waals surface area contributed by atoms with Crippen LogP contribution in [0.2, 0.25) is 5.02 Å². The van der Waals surface area contributed by atoms with Crippen molar-refractivity contribution < 1.29 is 23.9 Å². The highest BCUT2D eigenvalue weighted by Gasteiger charge is 2.48. The second-order valence-electron chi connectivity index (χ2n) is 7.48. The zero-order valence-corrected chi connectivity index (χ0v) is 17.2. The van der Waals surface area contributed by atoms with Gasteiger partial charge in [-0.2, -0.15) is 0 Å². The summed E-state index contributed by atoms with van der Waals surface area (Å²) in [6, 6.07) is 9.88. The number of nitrogens with one attached hydrogen (secondary N) is 2. The Bertz CT molecular complexity index is 1060. The van der Waals surface area contributed by atoms with Crippen molar-refractivity contribution in [1.82, 2.24) is 10.2 Å². The van der Waals surface area contributed by atoms with E-state index in [1.807, 2.05) is 6.07 Å². The second-order valence-corrected chi connectivity index (χ2v) is 7.89. The maximum Gasteiger partial charge on any atom is 0.325 e. The third-order valence-corrected chi connectivity index (χ3v) is 5.59. The lowest BCUT2D eigenvalue weighted by atomic mass is 9.92. The molecule has 1 unspecified atom stereocenters. The minimum absolute atomic E-state index is 0.153. The highest BCUT2D eigenvalue weighted by Crippen LogP contribution is 2.34. The smallest absolute Gasteiger partial charge is 0.325 e. The number of anilines is 1. The van der Waals surface area contributed by atoms with Crippen LogP contribution in [0.5, 0.6) is 11.5 Å². The number of carbonyl (C=O) groups excluding carboxylic acids is 3. The summed E-state index contributed by atoms with van der Waals surface area (Å²) in [6.45, 7) is 3.17. The van der Waals surface area contributed by atoms with Crippen LogP contribution in [0.15, 0.2) is 36.4 Å². The van der Waals surface area contributed by atoms with Crippen LogP contribution in [0.25, 0.3) is 0 Å². The van der Waals surface area contributed by atoms with Gasteiger partial charge in [-0.15, -0.1) is 0 Å². The molecule has 2 aliphatic heterocycles. The minimum atomic E-state index is -1.17. The summed E-state index contributed by atoms with van der Waals surface area (Å²) in [5, 5.41) is 5.91. The summed E-state index contributed by atoms with van der Waals surface area (Å²) in [4.78, 5) is 38.8. The number of rotatable bonds is 5. The van der Waals surface area contributed by atoms with Crippen molar-refractivity contribution >= 4 is 35.1 Å². The average Bonchev–Trinajstić information content (AvgIpc) is 3.23. The van der Waals surface area contributed by atoms with Crippen molar-refractivity contribution in [2.45, 2.75) is 25.8 Å². The zero-order valence-electron chi connectivity index (χ0n) is 16.5. The number of hydrogen-bond donors (Lipinski definition) is 2. The van der Waals surface area contributed by atoms with Crippen molar-refractivity contribution in [3.05, 3.63) is 52.5 Å². The van der Waals surface area contributed by atoms with E-state index < -0.39 is 29.9 Å². The van der Waals surface area contributed by atoms with Crippen LogP contribution < -0.4 is 20.1 Å². The minimum Gasteiger partial charge on any atom is -0.454 e. The number of nitrogens with zero attached hydrogens (tertiary/aromatic N) is 1. The Hall–Kier alpha value is -3.26. The molecule has 1 saturated heterocycles. The molecule has 2 aromatic carbocycles. The van der Waals surface area contributed by atoms with Crippen molar-refractivity contribution in [2.24, 2.45) is 0 Å². The molecule has 8 nitrogen and oxygen atoms in total. The molecule has 0 radical (unpaired) electrons. The number of benzene rings is 2. The normalized spacial score (nSPS) is 19.8. The lowest BCUT2D eigenvalue weighted by Crippen LogP contribution is -2.46. The van der Waals surface area contributed by atoms with Crippen LogP contribution in [0.3, 0.4) is 0 Å². The molecule has 156 valence electrons. The van der Waals surface area contributed by atoms with E-state index in [2.05, 4.69) is 10.6 Å².